The van der Waals surface area contributed by atoms with Gasteiger partial charge in [-0.1, -0.05) is 65.3 Å². The highest BCUT2D eigenvalue weighted by Gasteiger charge is 2.19. The van der Waals surface area contributed by atoms with Crippen molar-refractivity contribution in [3.8, 4) is 0 Å². The number of pyridine rings is 1. The molecule has 0 bridgehead atoms. The van der Waals surface area contributed by atoms with Gasteiger partial charge in [-0.25, -0.2) is 4.98 Å². The van der Waals surface area contributed by atoms with E-state index in [1.165, 1.54) is 11.8 Å². The van der Waals surface area contributed by atoms with Crippen LogP contribution in [0.25, 0.3) is 6.08 Å². The van der Waals surface area contributed by atoms with Crippen LogP contribution in [0.4, 0.5) is 11.5 Å². The van der Waals surface area contributed by atoms with Gasteiger partial charge in [0.1, 0.15) is 11.5 Å². The van der Waals surface area contributed by atoms with Crippen LogP contribution in [0, 0.1) is 0 Å². The molecule has 4 aromatic rings. The van der Waals surface area contributed by atoms with Gasteiger partial charge in [0.05, 0.1) is 5.25 Å². The van der Waals surface area contributed by atoms with E-state index in [1.807, 2.05) is 55.5 Å². The average molecular weight is 616 g/mol. The third kappa shape index (κ3) is 8.39. The second-order valence-electron chi connectivity index (χ2n) is 8.63. The maximum atomic E-state index is 13.4. The fourth-order valence-electron chi connectivity index (χ4n) is 3.68. The highest BCUT2D eigenvalue weighted by atomic mass is 79.9. The molecule has 1 atom stereocenters. The lowest BCUT2D eigenvalue weighted by molar-refractivity contribution is -0.116. The van der Waals surface area contributed by atoms with Crippen molar-refractivity contribution < 1.29 is 14.4 Å². The van der Waals surface area contributed by atoms with Gasteiger partial charge >= 0.3 is 0 Å². The second kappa shape index (κ2) is 14.3. The van der Waals surface area contributed by atoms with Gasteiger partial charge < -0.3 is 16.0 Å². The Labute approximate surface area is 245 Å². The number of hydrogen-bond donors (Lipinski definition) is 3. The molecular formula is C31H27BrN4O3S. The molecule has 4 rings (SSSR count). The monoisotopic (exact) mass is 614 g/mol. The smallest absolute Gasteiger partial charge is 0.272 e. The van der Waals surface area contributed by atoms with Crippen molar-refractivity contribution in [2.45, 2.75) is 23.5 Å². The second-order valence-corrected chi connectivity index (χ2v) is 10.8. The molecule has 1 unspecified atom stereocenters. The Bertz CT molecular complexity index is 1510. The van der Waals surface area contributed by atoms with Crippen LogP contribution in [0.2, 0.25) is 0 Å². The van der Waals surface area contributed by atoms with Crippen molar-refractivity contribution in [2.24, 2.45) is 0 Å². The van der Waals surface area contributed by atoms with Crippen molar-refractivity contribution in [1.82, 2.24) is 10.3 Å². The molecule has 3 N–H and O–H groups in total. The molecule has 0 aliphatic rings. The van der Waals surface area contributed by atoms with E-state index >= 15 is 0 Å². The Kier molecular flexibility index (Phi) is 10.3. The van der Waals surface area contributed by atoms with E-state index in [2.05, 4.69) is 36.9 Å². The lowest BCUT2D eigenvalue weighted by Gasteiger charge is -2.15. The maximum Gasteiger partial charge on any atom is 0.272 e. The minimum Gasteiger partial charge on any atom is -0.321 e. The van der Waals surface area contributed by atoms with E-state index in [4.69, 9.17) is 0 Å². The largest absolute Gasteiger partial charge is 0.321 e. The molecular weight excluding hydrogens is 588 g/mol. The zero-order valence-corrected chi connectivity index (χ0v) is 24.0. The number of carbonyl (C=O) groups is 3. The van der Waals surface area contributed by atoms with Gasteiger partial charge in [0, 0.05) is 26.8 Å². The minimum atomic E-state index is -0.480. The molecule has 0 saturated heterocycles. The first-order chi connectivity index (χ1) is 19.4. The van der Waals surface area contributed by atoms with E-state index in [1.54, 1.807) is 60.8 Å². The number of nitrogens with zero attached hydrogens (tertiary/aromatic N) is 1. The van der Waals surface area contributed by atoms with Crippen molar-refractivity contribution in [3.63, 3.8) is 0 Å². The standard InChI is InChI=1S/C31H27BrN4O3S/c1-2-27(31(39)36-28-16-6-7-17-33-28)40-25-15-9-14-24(20-25)34-30(38)26(19-21-10-8-13-23(32)18-21)35-29(37)22-11-4-3-5-12-22/h3-20,27H,2H2,1H3,(H,34,38)(H,35,37)(H,33,36,39)/b26-19+. The number of carbonyl (C=O) groups excluding carboxylic acids is 3. The summed E-state index contributed by atoms with van der Waals surface area (Å²) >= 11 is 4.84. The van der Waals surface area contributed by atoms with Crippen molar-refractivity contribution in [3.05, 3.63) is 125 Å². The molecule has 0 aliphatic heterocycles. The summed E-state index contributed by atoms with van der Waals surface area (Å²) < 4.78 is 0.845. The normalized spacial score (nSPS) is 11.8. The first-order valence-corrected chi connectivity index (χ1v) is 14.2. The quantitative estimate of drug-likeness (QED) is 0.135. The molecule has 1 heterocycles. The number of nitrogens with one attached hydrogen (secondary N) is 3. The van der Waals surface area contributed by atoms with E-state index in [9.17, 15) is 14.4 Å². The Hall–Kier alpha value is -4.21. The van der Waals surface area contributed by atoms with Crippen LogP contribution in [0.1, 0.15) is 29.3 Å². The Balaban J connectivity index is 1.50. The van der Waals surface area contributed by atoms with Crippen LogP contribution in [0.5, 0.6) is 0 Å². The summed E-state index contributed by atoms with van der Waals surface area (Å²) in [5.41, 5.74) is 1.79. The lowest BCUT2D eigenvalue weighted by atomic mass is 10.1. The maximum absolute atomic E-state index is 13.4. The number of amides is 3. The Morgan fingerprint density at radius 2 is 1.68 bits per heavy atom. The highest BCUT2D eigenvalue weighted by Crippen LogP contribution is 2.28. The van der Waals surface area contributed by atoms with Gasteiger partial charge in [-0.2, -0.15) is 0 Å². The fraction of sp³-hybridized carbons (Fsp3) is 0.0968. The number of aromatic nitrogens is 1. The van der Waals surface area contributed by atoms with E-state index in [0.717, 1.165) is 14.9 Å². The van der Waals surface area contributed by atoms with Crippen LogP contribution in [-0.4, -0.2) is 28.0 Å². The average Bonchev–Trinajstić information content (AvgIpc) is 2.96. The molecule has 3 amide bonds. The summed E-state index contributed by atoms with van der Waals surface area (Å²) in [6, 6.07) is 28.7. The van der Waals surface area contributed by atoms with E-state index in [-0.39, 0.29) is 16.9 Å². The van der Waals surface area contributed by atoms with Crippen LogP contribution < -0.4 is 16.0 Å². The van der Waals surface area contributed by atoms with E-state index < -0.39 is 11.8 Å². The SMILES string of the molecule is CCC(Sc1cccc(NC(=O)/C(=C\c2cccc(Br)c2)NC(=O)c2ccccc2)c1)C(=O)Nc1ccccn1. The molecule has 0 aliphatic carbocycles. The number of thioether (sulfide) groups is 1. The number of hydrogen-bond acceptors (Lipinski definition) is 5. The zero-order chi connectivity index (χ0) is 28.3. The fourth-order valence-corrected chi connectivity index (χ4v) is 5.11. The van der Waals surface area contributed by atoms with Gasteiger partial charge in [0.2, 0.25) is 5.91 Å². The van der Waals surface area contributed by atoms with Gasteiger partial charge in [-0.05, 0) is 72.7 Å². The number of rotatable bonds is 10. The summed E-state index contributed by atoms with van der Waals surface area (Å²) in [7, 11) is 0. The van der Waals surface area contributed by atoms with Crippen LogP contribution >= 0.6 is 27.7 Å². The molecule has 1 aromatic heterocycles. The van der Waals surface area contributed by atoms with Crippen LogP contribution in [0.15, 0.2) is 118 Å². The zero-order valence-electron chi connectivity index (χ0n) is 21.6. The van der Waals surface area contributed by atoms with Gasteiger partial charge in [0.25, 0.3) is 11.8 Å². The number of anilines is 2. The first kappa shape index (κ1) is 28.8. The van der Waals surface area contributed by atoms with Gasteiger partial charge in [-0.15, -0.1) is 11.8 Å². The van der Waals surface area contributed by atoms with E-state index in [0.29, 0.717) is 23.5 Å². The number of benzene rings is 3. The summed E-state index contributed by atoms with van der Waals surface area (Å²) in [6.07, 6.45) is 3.84. The molecule has 0 fully saturated rings. The predicted octanol–water partition coefficient (Wildman–Crippen LogP) is 6.76. The summed E-state index contributed by atoms with van der Waals surface area (Å²) in [6.45, 7) is 1.94. The summed E-state index contributed by atoms with van der Waals surface area (Å²) in [5.74, 6) is -0.532. The topological polar surface area (TPSA) is 100 Å². The molecule has 0 radical (unpaired) electrons. The van der Waals surface area contributed by atoms with Crippen LogP contribution in [0.3, 0.4) is 0 Å². The summed E-state index contributed by atoms with van der Waals surface area (Å²) in [4.78, 5) is 44.1. The molecule has 7 nitrogen and oxygen atoms in total. The van der Waals surface area contributed by atoms with Crippen molar-refractivity contribution in [1.29, 1.82) is 0 Å². The predicted molar refractivity (Wildman–Crippen MR) is 164 cm³/mol. The molecule has 3 aromatic carbocycles. The minimum absolute atomic E-state index is 0.0891. The molecule has 202 valence electrons. The molecule has 40 heavy (non-hydrogen) atoms. The van der Waals surface area contributed by atoms with Gasteiger partial charge in [0.15, 0.2) is 0 Å². The highest BCUT2D eigenvalue weighted by molar-refractivity contribution is 9.10. The third-order valence-electron chi connectivity index (χ3n) is 5.64. The lowest BCUT2D eigenvalue weighted by Crippen LogP contribution is -2.30. The van der Waals surface area contributed by atoms with Crippen LogP contribution in [-0.2, 0) is 9.59 Å². The van der Waals surface area contributed by atoms with Crippen molar-refractivity contribution in [2.75, 3.05) is 10.6 Å². The number of halogens is 1. The molecule has 0 spiro atoms. The van der Waals surface area contributed by atoms with Crippen molar-refractivity contribution >= 4 is 63.0 Å². The molecule has 0 saturated carbocycles. The van der Waals surface area contributed by atoms with Gasteiger partial charge in [-0.3, -0.25) is 14.4 Å². The Morgan fingerprint density at radius 1 is 0.900 bits per heavy atom. The third-order valence-corrected chi connectivity index (χ3v) is 7.49. The Morgan fingerprint density at radius 3 is 2.40 bits per heavy atom. The molecule has 9 heteroatoms. The first-order valence-electron chi connectivity index (χ1n) is 12.5. The summed E-state index contributed by atoms with van der Waals surface area (Å²) in [5, 5.41) is 8.11.